The predicted molar refractivity (Wildman–Crippen MR) is 46.5 cm³/mol. The summed E-state index contributed by atoms with van der Waals surface area (Å²) in [5.41, 5.74) is 0. The van der Waals surface area contributed by atoms with E-state index in [2.05, 4.69) is 4.42 Å². The van der Waals surface area contributed by atoms with Gasteiger partial charge < -0.3 is 9.73 Å². The van der Waals surface area contributed by atoms with Crippen molar-refractivity contribution in [2.75, 3.05) is 0 Å². The Morgan fingerprint density at radius 2 is 1.74 bits per heavy atom. The summed E-state index contributed by atoms with van der Waals surface area (Å²) < 4.78 is 90.4. The molecule has 108 valence electrons. The van der Waals surface area contributed by atoms with Gasteiger partial charge in [-0.15, -0.1) is 0 Å². The Labute approximate surface area is 101 Å². The van der Waals surface area contributed by atoms with Gasteiger partial charge in [-0.2, -0.15) is 30.7 Å². The third-order valence-corrected chi connectivity index (χ3v) is 2.04. The van der Waals surface area contributed by atoms with Crippen molar-refractivity contribution in [2.24, 2.45) is 0 Å². The van der Waals surface area contributed by atoms with Crippen molar-refractivity contribution in [3.8, 4) is 0 Å². The molecule has 19 heavy (non-hydrogen) atoms. The highest BCUT2D eigenvalue weighted by atomic mass is 19.4. The van der Waals surface area contributed by atoms with Gasteiger partial charge in [-0.05, 0) is 12.1 Å². The number of halogens is 7. The van der Waals surface area contributed by atoms with Crippen molar-refractivity contribution in [2.45, 2.75) is 24.6 Å². The summed E-state index contributed by atoms with van der Waals surface area (Å²) in [4.78, 5) is 10.8. The molecule has 0 aliphatic carbocycles. The molecule has 0 fully saturated rings. The molecule has 0 aromatic carbocycles. The van der Waals surface area contributed by atoms with Crippen LogP contribution in [0.2, 0.25) is 0 Å². The summed E-state index contributed by atoms with van der Waals surface area (Å²) in [6, 6.07) is 2.52. The maximum absolute atomic E-state index is 12.8. The minimum absolute atomic E-state index is 0.0838. The first kappa shape index (κ1) is 15.3. The first-order chi connectivity index (χ1) is 8.50. The molecule has 0 atom stereocenters. The van der Waals surface area contributed by atoms with Crippen LogP contribution in [0.25, 0.3) is 0 Å². The monoisotopic (exact) mass is 293 g/mol. The highest BCUT2D eigenvalue weighted by molar-refractivity contribution is 5.84. The Morgan fingerprint density at radius 1 is 1.16 bits per heavy atom. The summed E-state index contributed by atoms with van der Waals surface area (Å²) in [7, 11) is 0. The predicted octanol–water partition coefficient (Wildman–Crippen LogP) is 2.73. The fourth-order valence-corrected chi connectivity index (χ4v) is 1.01. The Hall–Kier alpha value is -1.74. The Bertz CT molecular complexity index is 438. The van der Waals surface area contributed by atoms with Gasteiger partial charge in [0.05, 0.1) is 12.8 Å². The highest BCUT2D eigenvalue weighted by Gasteiger charge is 2.76. The Morgan fingerprint density at radius 3 is 2.16 bits per heavy atom. The molecule has 0 aliphatic rings. The second kappa shape index (κ2) is 4.74. The topological polar surface area (TPSA) is 42.2 Å². The lowest BCUT2D eigenvalue weighted by Gasteiger charge is -2.26. The third kappa shape index (κ3) is 2.82. The Balaban J connectivity index is 2.79. The zero-order valence-corrected chi connectivity index (χ0v) is 8.90. The van der Waals surface area contributed by atoms with Gasteiger partial charge in [-0.3, -0.25) is 4.79 Å². The summed E-state index contributed by atoms with van der Waals surface area (Å²) in [5.74, 6) is -15.2. The van der Waals surface area contributed by atoms with Crippen molar-refractivity contribution >= 4 is 5.91 Å². The van der Waals surface area contributed by atoms with Gasteiger partial charge in [0.25, 0.3) is 5.91 Å². The number of rotatable bonds is 4. The van der Waals surface area contributed by atoms with Crippen LogP contribution in [0.5, 0.6) is 0 Å². The van der Waals surface area contributed by atoms with Crippen LogP contribution in [0.15, 0.2) is 22.8 Å². The minimum atomic E-state index is -6.54. The fourth-order valence-electron chi connectivity index (χ4n) is 1.01. The van der Waals surface area contributed by atoms with Crippen LogP contribution in [-0.4, -0.2) is 23.9 Å². The zero-order valence-electron chi connectivity index (χ0n) is 8.90. The summed E-state index contributed by atoms with van der Waals surface area (Å²) in [6.07, 6.45) is -5.44. The molecular formula is C9H6F7NO2. The van der Waals surface area contributed by atoms with E-state index in [0.29, 0.717) is 0 Å². The highest BCUT2D eigenvalue weighted by Crippen LogP contribution is 2.46. The molecule has 1 amide bonds. The molecule has 0 radical (unpaired) electrons. The van der Waals surface area contributed by atoms with Gasteiger partial charge in [-0.1, -0.05) is 0 Å². The standard InChI is InChI=1S/C9H6F7NO2/c10-7(11,8(12,13)9(14,15)16)6(18)17-4-5-2-1-3-19-5/h1-3H,4H2,(H,17,18). The number of nitrogens with one attached hydrogen (secondary N) is 1. The molecule has 1 aromatic heterocycles. The number of hydrogen-bond donors (Lipinski definition) is 1. The molecule has 1 aromatic rings. The molecule has 1 heterocycles. The van der Waals surface area contributed by atoms with Crippen LogP contribution >= 0.6 is 0 Å². The maximum atomic E-state index is 12.8. The Kier molecular flexibility index (Phi) is 3.82. The second-order valence-electron chi connectivity index (χ2n) is 3.41. The average molecular weight is 293 g/mol. The number of furan rings is 1. The van der Waals surface area contributed by atoms with Gasteiger partial charge >= 0.3 is 18.0 Å². The van der Waals surface area contributed by atoms with Crippen molar-refractivity contribution in [3.05, 3.63) is 24.2 Å². The molecule has 10 heteroatoms. The van der Waals surface area contributed by atoms with Gasteiger partial charge in [0.1, 0.15) is 5.76 Å². The number of alkyl halides is 7. The molecule has 1 N–H and O–H groups in total. The molecule has 0 saturated heterocycles. The van der Waals surface area contributed by atoms with Crippen molar-refractivity contribution in [1.82, 2.24) is 5.32 Å². The van der Waals surface area contributed by atoms with Crippen molar-refractivity contribution in [3.63, 3.8) is 0 Å². The smallest absolute Gasteiger partial charge is 0.460 e. The van der Waals surface area contributed by atoms with Crippen LogP contribution in [0.4, 0.5) is 30.7 Å². The van der Waals surface area contributed by atoms with E-state index in [0.717, 1.165) is 6.26 Å². The number of amides is 1. The SMILES string of the molecule is O=C(NCc1ccco1)C(F)(F)C(F)(F)C(F)(F)F. The van der Waals surface area contributed by atoms with Crippen LogP contribution < -0.4 is 5.32 Å². The van der Waals surface area contributed by atoms with Crippen LogP contribution in [0, 0.1) is 0 Å². The van der Waals surface area contributed by atoms with Crippen molar-refractivity contribution in [1.29, 1.82) is 0 Å². The van der Waals surface area contributed by atoms with E-state index in [1.54, 1.807) is 0 Å². The van der Waals surface area contributed by atoms with Crippen LogP contribution in [0.3, 0.4) is 0 Å². The van der Waals surface area contributed by atoms with E-state index in [9.17, 15) is 35.5 Å². The molecule has 3 nitrogen and oxygen atoms in total. The fraction of sp³-hybridized carbons (Fsp3) is 0.444. The molecule has 0 spiro atoms. The lowest BCUT2D eigenvalue weighted by atomic mass is 10.1. The quantitative estimate of drug-likeness (QED) is 0.867. The summed E-state index contributed by atoms with van der Waals surface area (Å²) in [6.45, 7) is -0.741. The van der Waals surface area contributed by atoms with E-state index in [4.69, 9.17) is 0 Å². The molecular weight excluding hydrogens is 287 g/mol. The third-order valence-electron chi connectivity index (χ3n) is 2.04. The number of hydrogen-bond acceptors (Lipinski definition) is 2. The zero-order chi connectivity index (χ0) is 14.9. The molecule has 0 bridgehead atoms. The largest absolute Gasteiger partial charge is 0.467 e. The first-order valence-electron chi connectivity index (χ1n) is 4.63. The van der Waals surface area contributed by atoms with Gasteiger partial charge in [0.2, 0.25) is 0 Å². The van der Waals surface area contributed by atoms with E-state index < -0.39 is 30.5 Å². The molecule has 0 aliphatic heterocycles. The molecule has 1 rings (SSSR count). The van der Waals surface area contributed by atoms with Crippen LogP contribution in [0.1, 0.15) is 5.76 Å². The van der Waals surface area contributed by atoms with E-state index in [1.165, 1.54) is 17.4 Å². The van der Waals surface area contributed by atoms with E-state index >= 15 is 0 Å². The lowest BCUT2D eigenvalue weighted by molar-refractivity contribution is -0.344. The minimum Gasteiger partial charge on any atom is -0.467 e. The van der Waals surface area contributed by atoms with Crippen LogP contribution in [-0.2, 0) is 11.3 Å². The second-order valence-corrected chi connectivity index (χ2v) is 3.41. The van der Waals surface area contributed by atoms with Crippen molar-refractivity contribution < 1.29 is 39.9 Å². The molecule has 0 saturated carbocycles. The average Bonchev–Trinajstić information content (AvgIpc) is 2.76. The van der Waals surface area contributed by atoms with E-state index in [1.807, 2.05) is 0 Å². The molecule has 0 unspecified atom stereocenters. The lowest BCUT2D eigenvalue weighted by Crippen LogP contribution is -2.59. The summed E-state index contributed by atoms with van der Waals surface area (Å²) >= 11 is 0. The maximum Gasteiger partial charge on any atom is 0.460 e. The first-order valence-corrected chi connectivity index (χ1v) is 4.63. The van der Waals surface area contributed by atoms with Gasteiger partial charge in [0.15, 0.2) is 0 Å². The number of carbonyl (C=O) groups excluding carboxylic acids is 1. The van der Waals surface area contributed by atoms with E-state index in [-0.39, 0.29) is 5.76 Å². The number of carbonyl (C=O) groups is 1. The normalized spacial score (nSPS) is 13.4. The van der Waals surface area contributed by atoms with Gasteiger partial charge in [-0.25, -0.2) is 0 Å². The summed E-state index contributed by atoms with van der Waals surface area (Å²) in [5, 5.41) is 1.24. The van der Waals surface area contributed by atoms with Gasteiger partial charge in [0, 0.05) is 0 Å².